The lowest BCUT2D eigenvalue weighted by Crippen LogP contribution is -2.33. The monoisotopic (exact) mass is 222 g/mol. The van der Waals surface area contributed by atoms with Gasteiger partial charge in [-0.25, -0.2) is 4.39 Å². The number of Topliss-reactive ketones (excluding diaryl/α,β-unsaturated/α-hetero) is 2. The number of halogens is 1. The maximum atomic E-state index is 12.7. The number of benzene rings is 1. The minimum Gasteiger partial charge on any atom is -0.380 e. The van der Waals surface area contributed by atoms with E-state index >= 15 is 0 Å². The van der Waals surface area contributed by atoms with Crippen LogP contribution in [0.2, 0.25) is 0 Å². The first kappa shape index (κ1) is 11.0. The summed E-state index contributed by atoms with van der Waals surface area (Å²) in [6.45, 7) is 0.515. The molecule has 1 heterocycles. The molecule has 0 N–H and O–H groups in total. The lowest BCUT2D eigenvalue weighted by Gasteiger charge is -2.19. The van der Waals surface area contributed by atoms with Gasteiger partial charge in [-0.1, -0.05) is 0 Å². The van der Waals surface area contributed by atoms with Crippen molar-refractivity contribution in [3.05, 3.63) is 35.6 Å². The molecular weight excluding hydrogens is 211 g/mol. The quantitative estimate of drug-likeness (QED) is 0.564. The molecule has 1 unspecified atom stereocenters. The van der Waals surface area contributed by atoms with Crippen molar-refractivity contribution in [2.75, 3.05) is 13.2 Å². The number of ketones is 2. The van der Waals surface area contributed by atoms with Crippen LogP contribution >= 0.6 is 0 Å². The van der Waals surface area contributed by atoms with E-state index in [0.717, 1.165) is 0 Å². The number of rotatable bonds is 2. The fraction of sp³-hybridized carbons (Fsp3) is 0.333. The highest BCUT2D eigenvalue weighted by molar-refractivity contribution is 6.11. The van der Waals surface area contributed by atoms with E-state index < -0.39 is 11.7 Å². The van der Waals surface area contributed by atoms with Crippen molar-refractivity contribution in [3.63, 3.8) is 0 Å². The Morgan fingerprint density at radius 2 is 2.00 bits per heavy atom. The third-order valence-electron chi connectivity index (χ3n) is 2.61. The topological polar surface area (TPSA) is 43.4 Å². The van der Waals surface area contributed by atoms with Crippen LogP contribution in [0, 0.1) is 11.7 Å². The summed E-state index contributed by atoms with van der Waals surface area (Å²) in [6, 6.07) is 5.20. The Labute approximate surface area is 92.2 Å². The molecule has 4 heteroatoms. The number of hydrogen-bond donors (Lipinski definition) is 0. The van der Waals surface area contributed by atoms with Gasteiger partial charge in [0, 0.05) is 12.0 Å². The first-order valence-corrected chi connectivity index (χ1v) is 5.09. The molecule has 3 nitrogen and oxygen atoms in total. The zero-order valence-corrected chi connectivity index (χ0v) is 8.61. The molecule has 0 amide bonds. The van der Waals surface area contributed by atoms with Gasteiger partial charge in [0.15, 0.2) is 5.78 Å². The SMILES string of the molecule is O=C1CCOCC1C(=O)c1ccc(F)cc1. The van der Waals surface area contributed by atoms with Crippen molar-refractivity contribution in [2.24, 2.45) is 5.92 Å². The van der Waals surface area contributed by atoms with Crippen LogP contribution in [0.1, 0.15) is 16.8 Å². The maximum Gasteiger partial charge on any atom is 0.175 e. The Hall–Kier alpha value is -1.55. The molecule has 16 heavy (non-hydrogen) atoms. The zero-order chi connectivity index (χ0) is 11.5. The summed E-state index contributed by atoms with van der Waals surface area (Å²) in [5, 5.41) is 0. The van der Waals surface area contributed by atoms with Gasteiger partial charge in [0.25, 0.3) is 0 Å². The minimum absolute atomic E-state index is 0.0967. The molecule has 1 aliphatic heterocycles. The molecule has 1 fully saturated rings. The van der Waals surface area contributed by atoms with Crippen molar-refractivity contribution >= 4 is 11.6 Å². The highest BCUT2D eigenvalue weighted by Gasteiger charge is 2.30. The van der Waals surface area contributed by atoms with Crippen LogP contribution in [0.3, 0.4) is 0 Å². The van der Waals surface area contributed by atoms with Gasteiger partial charge in [-0.2, -0.15) is 0 Å². The van der Waals surface area contributed by atoms with Crippen molar-refractivity contribution in [1.82, 2.24) is 0 Å². The summed E-state index contributed by atoms with van der Waals surface area (Å²) in [7, 11) is 0. The molecule has 1 atom stereocenters. The smallest absolute Gasteiger partial charge is 0.175 e. The summed E-state index contributed by atoms with van der Waals surface area (Å²) in [5.74, 6) is -1.51. The summed E-state index contributed by atoms with van der Waals surface area (Å²) in [4.78, 5) is 23.4. The van der Waals surface area contributed by atoms with Crippen LogP contribution in [0.25, 0.3) is 0 Å². The Bertz CT molecular complexity index is 411. The minimum atomic E-state index is -0.723. The van der Waals surface area contributed by atoms with Crippen molar-refractivity contribution < 1.29 is 18.7 Å². The Kier molecular flexibility index (Phi) is 3.10. The number of hydrogen-bond acceptors (Lipinski definition) is 3. The molecule has 1 saturated heterocycles. The van der Waals surface area contributed by atoms with E-state index in [-0.39, 0.29) is 24.6 Å². The third kappa shape index (κ3) is 2.17. The van der Waals surface area contributed by atoms with E-state index in [2.05, 4.69) is 0 Å². The average Bonchev–Trinajstić information content (AvgIpc) is 2.30. The maximum absolute atomic E-state index is 12.7. The molecule has 2 rings (SSSR count). The van der Waals surface area contributed by atoms with Crippen molar-refractivity contribution in [3.8, 4) is 0 Å². The molecule has 1 aromatic rings. The lowest BCUT2D eigenvalue weighted by atomic mass is 9.91. The van der Waals surface area contributed by atoms with E-state index in [9.17, 15) is 14.0 Å². The lowest BCUT2D eigenvalue weighted by molar-refractivity contribution is -0.128. The van der Waals surface area contributed by atoms with E-state index in [4.69, 9.17) is 4.74 Å². The van der Waals surface area contributed by atoms with Crippen LogP contribution < -0.4 is 0 Å². The van der Waals surface area contributed by atoms with Crippen LogP contribution in [0.4, 0.5) is 4.39 Å². The average molecular weight is 222 g/mol. The first-order valence-electron chi connectivity index (χ1n) is 5.09. The number of carbonyl (C=O) groups is 2. The molecule has 0 radical (unpaired) electrons. The van der Waals surface area contributed by atoms with Gasteiger partial charge in [0.1, 0.15) is 17.5 Å². The molecule has 0 spiro atoms. The molecule has 0 aliphatic carbocycles. The van der Waals surface area contributed by atoms with Crippen molar-refractivity contribution in [2.45, 2.75) is 6.42 Å². The highest BCUT2D eigenvalue weighted by atomic mass is 19.1. The highest BCUT2D eigenvalue weighted by Crippen LogP contribution is 2.16. The fourth-order valence-corrected chi connectivity index (χ4v) is 1.68. The summed E-state index contributed by atoms with van der Waals surface area (Å²) in [6.07, 6.45) is 0.275. The Balaban J connectivity index is 2.17. The van der Waals surface area contributed by atoms with Gasteiger partial charge >= 0.3 is 0 Å². The largest absolute Gasteiger partial charge is 0.380 e. The predicted molar refractivity (Wildman–Crippen MR) is 54.7 cm³/mol. The van der Waals surface area contributed by atoms with Crippen LogP contribution in [0.15, 0.2) is 24.3 Å². The van der Waals surface area contributed by atoms with Crippen LogP contribution in [-0.2, 0) is 9.53 Å². The normalized spacial score (nSPS) is 20.8. The predicted octanol–water partition coefficient (Wildman–Crippen LogP) is 1.61. The Morgan fingerprint density at radius 3 is 2.62 bits per heavy atom. The molecule has 0 bridgehead atoms. The molecule has 1 aromatic carbocycles. The molecule has 84 valence electrons. The first-order chi connectivity index (χ1) is 7.68. The summed E-state index contributed by atoms with van der Waals surface area (Å²) < 4.78 is 17.8. The second-order valence-electron chi connectivity index (χ2n) is 3.71. The second kappa shape index (κ2) is 4.53. The Morgan fingerprint density at radius 1 is 1.31 bits per heavy atom. The molecule has 0 aromatic heterocycles. The van der Waals surface area contributed by atoms with Crippen LogP contribution in [-0.4, -0.2) is 24.8 Å². The van der Waals surface area contributed by atoms with E-state index in [0.29, 0.717) is 12.2 Å². The van der Waals surface area contributed by atoms with E-state index in [1.807, 2.05) is 0 Å². The number of ether oxygens (including phenoxy) is 1. The van der Waals surface area contributed by atoms with Gasteiger partial charge in [-0.3, -0.25) is 9.59 Å². The van der Waals surface area contributed by atoms with Gasteiger partial charge in [0.05, 0.1) is 13.2 Å². The van der Waals surface area contributed by atoms with Gasteiger partial charge in [-0.05, 0) is 24.3 Å². The molecular formula is C12H11FO3. The summed E-state index contributed by atoms with van der Waals surface area (Å²) >= 11 is 0. The summed E-state index contributed by atoms with van der Waals surface area (Å²) in [5.41, 5.74) is 0.352. The fourth-order valence-electron chi connectivity index (χ4n) is 1.68. The van der Waals surface area contributed by atoms with E-state index in [1.165, 1.54) is 24.3 Å². The molecule has 0 saturated carbocycles. The van der Waals surface area contributed by atoms with Gasteiger partial charge in [-0.15, -0.1) is 0 Å². The second-order valence-corrected chi connectivity index (χ2v) is 3.71. The van der Waals surface area contributed by atoms with Crippen molar-refractivity contribution in [1.29, 1.82) is 0 Å². The van der Waals surface area contributed by atoms with E-state index in [1.54, 1.807) is 0 Å². The van der Waals surface area contributed by atoms with Gasteiger partial charge < -0.3 is 4.74 Å². The third-order valence-corrected chi connectivity index (χ3v) is 2.61. The number of carbonyl (C=O) groups excluding carboxylic acids is 2. The van der Waals surface area contributed by atoms with Crippen LogP contribution in [0.5, 0.6) is 0 Å². The standard InChI is InChI=1S/C12H11FO3/c13-9-3-1-8(2-4-9)12(15)10-7-16-6-5-11(10)14/h1-4,10H,5-7H2. The van der Waals surface area contributed by atoms with Gasteiger partial charge in [0.2, 0.25) is 0 Å². The zero-order valence-electron chi connectivity index (χ0n) is 8.61. The molecule has 1 aliphatic rings.